The van der Waals surface area contributed by atoms with Gasteiger partial charge in [0.05, 0.1) is 22.5 Å². The number of halogens is 2. The van der Waals surface area contributed by atoms with Gasteiger partial charge in [-0.2, -0.15) is 0 Å². The summed E-state index contributed by atoms with van der Waals surface area (Å²) in [6.45, 7) is 5.43. The van der Waals surface area contributed by atoms with Crippen LogP contribution in [0.25, 0.3) is 16.7 Å². The summed E-state index contributed by atoms with van der Waals surface area (Å²) in [5, 5.41) is 11.2. The molecule has 1 heterocycles. The van der Waals surface area contributed by atoms with Crippen LogP contribution >= 0.6 is 23.2 Å². The Labute approximate surface area is 202 Å². The second-order valence-corrected chi connectivity index (χ2v) is 10.2. The normalized spacial score (nSPS) is 11.6. The van der Waals surface area contributed by atoms with Crippen LogP contribution < -0.4 is 4.74 Å². The molecule has 1 N–H and O–H groups in total. The van der Waals surface area contributed by atoms with Gasteiger partial charge in [-0.3, -0.25) is 0 Å². The molecule has 0 aliphatic rings. The van der Waals surface area contributed by atoms with E-state index in [-0.39, 0.29) is 22.1 Å². The Kier molecular flexibility index (Phi) is 6.18. The Balaban J connectivity index is 2.03. The van der Waals surface area contributed by atoms with Crippen LogP contribution in [-0.4, -0.2) is 24.6 Å². The van der Waals surface area contributed by atoms with Crippen molar-refractivity contribution in [1.29, 1.82) is 0 Å². The van der Waals surface area contributed by atoms with Gasteiger partial charge in [-0.05, 0) is 54.4 Å². The topological polar surface area (TPSA) is 68.5 Å². The van der Waals surface area contributed by atoms with E-state index < -0.39 is 10.0 Å². The lowest BCUT2D eigenvalue weighted by Gasteiger charge is -2.15. The lowest BCUT2D eigenvalue weighted by atomic mass is 10.0. The van der Waals surface area contributed by atoms with Crippen LogP contribution in [0.5, 0.6) is 5.75 Å². The van der Waals surface area contributed by atoms with Crippen molar-refractivity contribution in [2.24, 2.45) is 0 Å². The molecule has 0 saturated heterocycles. The third-order valence-corrected chi connectivity index (χ3v) is 8.07. The van der Waals surface area contributed by atoms with Gasteiger partial charge in [0, 0.05) is 34.2 Å². The summed E-state index contributed by atoms with van der Waals surface area (Å²) < 4.78 is 34.3. The van der Waals surface area contributed by atoms with Gasteiger partial charge in [0.25, 0.3) is 10.0 Å². The molecule has 0 bridgehead atoms. The summed E-state index contributed by atoms with van der Waals surface area (Å²) in [4.78, 5) is 0.152. The van der Waals surface area contributed by atoms with Gasteiger partial charge in [0.1, 0.15) is 11.5 Å². The molecular formula is C25H21Cl2NO4S. The van der Waals surface area contributed by atoms with Crippen LogP contribution in [0.15, 0.2) is 72.1 Å². The summed E-state index contributed by atoms with van der Waals surface area (Å²) in [6.07, 6.45) is 0.112. The number of aliphatic hydroxyl groups excluding tert-OH is 1. The summed E-state index contributed by atoms with van der Waals surface area (Å²) in [5.74, 6) is 0.347. The molecule has 0 aliphatic heterocycles. The fourth-order valence-corrected chi connectivity index (χ4v) is 6.03. The van der Waals surface area contributed by atoms with Gasteiger partial charge in [0.2, 0.25) is 0 Å². The van der Waals surface area contributed by atoms with E-state index in [0.717, 1.165) is 10.9 Å². The van der Waals surface area contributed by atoms with Crippen LogP contribution in [0.4, 0.5) is 0 Å². The second-order valence-electron chi connectivity index (χ2n) is 7.61. The number of hydrogen-bond acceptors (Lipinski definition) is 4. The zero-order valence-electron chi connectivity index (χ0n) is 18.0. The third kappa shape index (κ3) is 4.10. The second kappa shape index (κ2) is 8.78. The molecule has 4 rings (SSSR count). The maximum absolute atomic E-state index is 13.8. The van der Waals surface area contributed by atoms with Crippen molar-refractivity contribution < 1.29 is 18.3 Å². The monoisotopic (exact) mass is 501 g/mol. The molecular weight excluding hydrogens is 481 g/mol. The number of nitrogens with zero attached hydrogens (tertiary/aromatic N) is 1. The lowest BCUT2D eigenvalue weighted by Crippen LogP contribution is -2.16. The highest BCUT2D eigenvalue weighted by Crippen LogP contribution is 2.36. The highest BCUT2D eigenvalue weighted by Gasteiger charge is 2.25. The predicted octanol–water partition coefficient (Wildman–Crippen LogP) is 6.62. The zero-order chi connectivity index (χ0) is 23.9. The van der Waals surface area contributed by atoms with E-state index in [4.69, 9.17) is 27.9 Å². The molecule has 0 fully saturated rings. The SMILES string of the molecule is C=C(O)c1ccc(Cl)c(Cc2cc3c(C)cc(OC)cc3n2S(=O)(=O)c2ccccc2)c1Cl. The standard InChI is InChI=1S/C25H21Cl2NO4S/c1-15-11-18(32-3)14-24-21(15)12-17(28(24)33(30,31)19-7-5-4-6-8-19)13-22-23(26)10-9-20(16(2)29)25(22)27/h4-12,14,29H,2,13H2,1,3H3. The van der Waals surface area contributed by atoms with Crippen molar-refractivity contribution in [1.82, 2.24) is 3.97 Å². The minimum absolute atomic E-state index is 0.112. The van der Waals surface area contributed by atoms with Crippen molar-refractivity contribution >= 4 is 49.9 Å². The number of benzene rings is 3. The van der Waals surface area contributed by atoms with E-state index in [1.54, 1.807) is 48.5 Å². The van der Waals surface area contributed by atoms with E-state index in [2.05, 4.69) is 6.58 Å². The minimum Gasteiger partial charge on any atom is -0.508 e. The maximum Gasteiger partial charge on any atom is 0.268 e. The zero-order valence-corrected chi connectivity index (χ0v) is 20.3. The summed E-state index contributed by atoms with van der Waals surface area (Å²) in [5.41, 5.74) is 2.64. The number of hydrogen-bond donors (Lipinski definition) is 1. The molecule has 0 spiro atoms. The number of methoxy groups -OCH3 is 1. The third-order valence-electron chi connectivity index (χ3n) is 5.50. The van der Waals surface area contributed by atoms with Crippen LogP contribution in [-0.2, 0) is 16.4 Å². The van der Waals surface area contributed by atoms with E-state index in [1.807, 2.05) is 19.1 Å². The van der Waals surface area contributed by atoms with Crippen LogP contribution in [0.1, 0.15) is 22.4 Å². The summed E-state index contributed by atoms with van der Waals surface area (Å²) in [7, 11) is -2.42. The van der Waals surface area contributed by atoms with Gasteiger partial charge in [-0.1, -0.05) is 48.0 Å². The average molecular weight is 502 g/mol. The van der Waals surface area contributed by atoms with E-state index in [1.165, 1.54) is 11.1 Å². The van der Waals surface area contributed by atoms with Gasteiger partial charge in [0.15, 0.2) is 0 Å². The molecule has 170 valence electrons. The fourth-order valence-electron chi connectivity index (χ4n) is 3.87. The molecule has 4 aromatic rings. The van der Waals surface area contributed by atoms with Crippen molar-refractivity contribution in [3.8, 4) is 5.75 Å². The molecule has 0 atom stereocenters. The number of aliphatic hydroxyl groups is 1. The number of rotatable bonds is 6. The number of aryl methyl sites for hydroxylation is 1. The molecule has 1 aromatic heterocycles. The Morgan fingerprint density at radius 3 is 2.42 bits per heavy atom. The Morgan fingerprint density at radius 2 is 1.79 bits per heavy atom. The highest BCUT2D eigenvalue weighted by molar-refractivity contribution is 7.90. The van der Waals surface area contributed by atoms with Gasteiger partial charge in [-0.15, -0.1) is 0 Å². The first-order chi connectivity index (χ1) is 15.6. The summed E-state index contributed by atoms with van der Waals surface area (Å²) in [6, 6.07) is 16.7. The molecule has 0 radical (unpaired) electrons. The predicted molar refractivity (Wildman–Crippen MR) is 133 cm³/mol. The van der Waals surface area contributed by atoms with E-state index in [0.29, 0.717) is 33.1 Å². The van der Waals surface area contributed by atoms with E-state index >= 15 is 0 Å². The molecule has 0 unspecified atom stereocenters. The number of ether oxygens (including phenoxy) is 1. The van der Waals surface area contributed by atoms with Crippen molar-refractivity contribution in [2.45, 2.75) is 18.2 Å². The number of aromatic nitrogens is 1. The average Bonchev–Trinajstić information content (AvgIpc) is 3.16. The Bertz CT molecular complexity index is 1490. The van der Waals surface area contributed by atoms with Crippen molar-refractivity contribution in [3.63, 3.8) is 0 Å². The lowest BCUT2D eigenvalue weighted by molar-refractivity contribution is 0.415. The molecule has 33 heavy (non-hydrogen) atoms. The van der Waals surface area contributed by atoms with Gasteiger partial charge < -0.3 is 9.84 Å². The maximum atomic E-state index is 13.8. The van der Waals surface area contributed by atoms with Crippen LogP contribution in [0, 0.1) is 6.92 Å². The largest absolute Gasteiger partial charge is 0.508 e. The summed E-state index contributed by atoms with van der Waals surface area (Å²) >= 11 is 13.0. The van der Waals surface area contributed by atoms with Gasteiger partial charge >= 0.3 is 0 Å². The van der Waals surface area contributed by atoms with Crippen LogP contribution in [0.2, 0.25) is 10.0 Å². The molecule has 0 aliphatic carbocycles. The smallest absolute Gasteiger partial charge is 0.268 e. The van der Waals surface area contributed by atoms with Crippen molar-refractivity contribution in [2.75, 3.05) is 7.11 Å². The molecule has 5 nitrogen and oxygen atoms in total. The minimum atomic E-state index is -3.96. The highest BCUT2D eigenvalue weighted by atomic mass is 35.5. The molecule has 0 amide bonds. The Morgan fingerprint density at radius 1 is 1.09 bits per heavy atom. The number of fused-ring (bicyclic) bond motifs is 1. The van der Waals surface area contributed by atoms with Crippen molar-refractivity contribution in [3.05, 3.63) is 99.7 Å². The first-order valence-corrected chi connectivity index (χ1v) is 12.2. The quantitative estimate of drug-likeness (QED) is 0.301. The van der Waals surface area contributed by atoms with Gasteiger partial charge in [-0.25, -0.2) is 12.4 Å². The molecule has 3 aromatic carbocycles. The first kappa shape index (κ1) is 23.2. The van der Waals surface area contributed by atoms with E-state index in [9.17, 15) is 13.5 Å². The Hall–Kier alpha value is -2.93. The molecule has 0 saturated carbocycles. The fraction of sp³-hybridized carbons (Fsp3) is 0.120. The van der Waals surface area contributed by atoms with Crippen LogP contribution in [0.3, 0.4) is 0 Å². The first-order valence-electron chi connectivity index (χ1n) is 10.00. The molecule has 8 heteroatoms.